The molecular formula is C30H40N15O26P5. The van der Waals surface area contributed by atoms with Gasteiger partial charge in [0.25, 0.3) is 11.1 Å². The summed E-state index contributed by atoms with van der Waals surface area (Å²) in [6.45, 7) is -3.44. The van der Waals surface area contributed by atoms with Gasteiger partial charge in [0.2, 0.25) is 11.9 Å². The predicted molar refractivity (Wildman–Crippen MR) is 240 cm³/mol. The lowest BCUT2D eigenvalue weighted by atomic mass is 10.1. The van der Waals surface area contributed by atoms with Crippen LogP contribution in [-0.2, 0) is 68.3 Å². The van der Waals surface area contributed by atoms with Crippen molar-refractivity contribution in [3.8, 4) is 0 Å². The molecule has 416 valence electrons. The molecule has 41 nitrogen and oxygen atoms in total. The highest BCUT2D eigenvalue weighted by atomic mass is 31.3. The number of imidazole rings is 3. The van der Waals surface area contributed by atoms with E-state index in [4.69, 9.17) is 59.3 Å². The molecule has 0 saturated carbocycles. The summed E-state index contributed by atoms with van der Waals surface area (Å²) in [5.41, 5.74) is 14.5. The van der Waals surface area contributed by atoms with Crippen LogP contribution in [-0.4, -0.2) is 172 Å². The zero-order chi connectivity index (χ0) is 55.0. The van der Waals surface area contributed by atoms with Crippen LogP contribution in [0.1, 0.15) is 25.1 Å². The van der Waals surface area contributed by atoms with Gasteiger partial charge in [-0.1, -0.05) is 0 Å². The van der Waals surface area contributed by atoms with Gasteiger partial charge >= 0.3 is 39.1 Å². The summed E-state index contributed by atoms with van der Waals surface area (Å²) in [4.78, 5) is 117. The van der Waals surface area contributed by atoms with E-state index in [1.807, 2.05) is 0 Å². The zero-order valence-electron chi connectivity index (χ0n) is 37.4. The standard InChI is InChI=1S/C30H40N15O26P5/c31-20-13-21(35-5-34-20)43(6-36-13)26-10(46)1-9(65-26)2-62-73(54,55)68-18-11(66-27(16(18)47)44-7-37-14-22(44)39-29(32)41-24(14)49)3-63-74(56,57)69-19-12(4-64-75(58,59)71-76(60,61)70-72(51,52)53)67-28(17(19)48)45-8-38-15-23(45)40-30(33)42-25(15)50/h5-12,16-19,26-28,46-48H,1-4H2,(H,54,55)(H,56,57)(H,58,59)(H,60,61)(H2,31,34,35)(H2,51,52,53)(H3,32,39,41,49)(H3,33,40,42,50)/t9-,10+,11+,12+,16+,17+,18+,19+,26+,27+,28+/m0/s1. The van der Waals surface area contributed by atoms with E-state index in [-0.39, 0.29) is 40.2 Å². The maximum absolute atomic E-state index is 13.8. The van der Waals surface area contributed by atoms with Crippen molar-refractivity contribution < 1.29 is 113 Å². The van der Waals surface area contributed by atoms with Gasteiger partial charge in [0.1, 0.15) is 54.6 Å². The first-order chi connectivity index (χ1) is 35.5. The molecule has 0 spiro atoms. The summed E-state index contributed by atoms with van der Waals surface area (Å²) in [5, 5.41) is 34.0. The SMILES string of the molecule is Nc1nc2c(ncn2[C@@H]2O[C@H](COP(=O)(O)O[C@H]3[C@@H](O)[C@H](n4cnc5c(=O)[nH]c(N)nc54)O[C@@H]3COP(=O)(O)OP(=O)(O)OP(=O)(O)O)[C@@H](OP(=O)(O)OC[C@@H]3C[C@@H](O)[C@H](n4cnc5c(N)ncnc54)O3)[C@H]2O)c(=O)[nH]1. The Balaban J connectivity index is 0.941. The van der Waals surface area contributed by atoms with E-state index >= 15 is 0 Å². The highest BCUT2D eigenvalue weighted by Crippen LogP contribution is 2.66. The predicted octanol–water partition coefficient (Wildman–Crippen LogP) is -3.65. The summed E-state index contributed by atoms with van der Waals surface area (Å²) in [7, 11) is -29.1. The molecule has 0 bridgehead atoms. The van der Waals surface area contributed by atoms with Gasteiger partial charge < -0.3 is 76.1 Å². The first kappa shape index (κ1) is 55.8. The first-order valence-corrected chi connectivity index (χ1v) is 28.5. The molecule has 0 aromatic carbocycles. The summed E-state index contributed by atoms with van der Waals surface area (Å²) in [6.07, 6.45) is -15.9. The molecule has 46 heteroatoms. The molecule has 3 aliphatic rings. The minimum absolute atomic E-state index is 0.0337. The van der Waals surface area contributed by atoms with Crippen molar-refractivity contribution in [2.75, 3.05) is 37.0 Å². The van der Waals surface area contributed by atoms with Crippen LogP contribution in [0.15, 0.2) is 34.9 Å². The summed E-state index contributed by atoms with van der Waals surface area (Å²) >= 11 is 0. The van der Waals surface area contributed by atoms with Crippen molar-refractivity contribution in [1.82, 2.24) is 58.6 Å². The number of anilines is 3. The molecule has 6 aromatic rings. The monoisotopic (exact) mass is 1180 g/mol. The molecule has 9 rings (SSSR count). The fraction of sp³-hybridized carbons (Fsp3) is 0.500. The highest BCUT2D eigenvalue weighted by molar-refractivity contribution is 7.66. The smallest absolute Gasteiger partial charge is 0.388 e. The number of nitrogens with zero attached hydrogens (tertiary/aromatic N) is 10. The van der Waals surface area contributed by atoms with Crippen LogP contribution in [0.2, 0.25) is 0 Å². The Kier molecular flexibility index (Phi) is 15.2. The number of phosphoric acid groups is 5. The number of nitrogens with two attached hydrogens (primary N) is 3. The van der Waals surface area contributed by atoms with E-state index in [0.29, 0.717) is 0 Å². The van der Waals surface area contributed by atoms with E-state index in [2.05, 4.69) is 58.0 Å². The molecule has 3 saturated heterocycles. The van der Waals surface area contributed by atoms with Gasteiger partial charge in [-0.3, -0.25) is 55.9 Å². The van der Waals surface area contributed by atoms with Crippen molar-refractivity contribution in [2.24, 2.45) is 0 Å². The van der Waals surface area contributed by atoms with Crippen LogP contribution in [0.4, 0.5) is 17.7 Å². The van der Waals surface area contributed by atoms with Gasteiger partial charge in [0, 0.05) is 6.42 Å². The van der Waals surface area contributed by atoms with E-state index in [1.165, 1.54) is 10.9 Å². The maximum atomic E-state index is 13.8. The van der Waals surface area contributed by atoms with E-state index in [9.17, 15) is 67.3 Å². The first-order valence-electron chi connectivity index (χ1n) is 21.0. The number of aliphatic hydroxyl groups excluding tert-OH is 3. The van der Waals surface area contributed by atoms with Crippen LogP contribution in [0, 0.1) is 0 Å². The molecule has 0 aliphatic carbocycles. The lowest BCUT2D eigenvalue weighted by molar-refractivity contribution is -0.0602. The van der Waals surface area contributed by atoms with Gasteiger partial charge in [0.05, 0.1) is 44.9 Å². The maximum Gasteiger partial charge on any atom is 0.490 e. The van der Waals surface area contributed by atoms with E-state index in [1.54, 1.807) is 0 Å². The van der Waals surface area contributed by atoms with E-state index < -0.39 is 155 Å². The van der Waals surface area contributed by atoms with Gasteiger partial charge in [-0.05, 0) is 0 Å². The van der Waals surface area contributed by atoms with Crippen molar-refractivity contribution in [3.05, 3.63) is 46.0 Å². The van der Waals surface area contributed by atoms with Crippen molar-refractivity contribution in [3.63, 3.8) is 0 Å². The van der Waals surface area contributed by atoms with Crippen molar-refractivity contribution >= 4 is 90.3 Å². The summed E-state index contributed by atoms with van der Waals surface area (Å²) in [5.74, 6) is -0.868. The minimum atomic E-state index is -6.08. The number of aromatic nitrogens is 12. The molecule has 9 heterocycles. The van der Waals surface area contributed by atoms with Gasteiger partial charge in [0.15, 0.2) is 52.5 Å². The second-order valence-corrected chi connectivity index (χ2v) is 23.5. The van der Waals surface area contributed by atoms with Crippen molar-refractivity contribution in [1.29, 1.82) is 0 Å². The second-order valence-electron chi connectivity index (χ2n) is 16.3. The number of rotatable bonds is 20. The Labute approximate surface area is 418 Å². The molecule has 3 fully saturated rings. The molecule has 4 unspecified atom stereocenters. The van der Waals surface area contributed by atoms with Gasteiger partial charge in [-0.25, -0.2) is 47.7 Å². The average molecular weight is 1180 g/mol. The number of aromatic amines is 2. The fourth-order valence-corrected chi connectivity index (χ4v) is 13.0. The highest BCUT2D eigenvalue weighted by Gasteiger charge is 2.54. The minimum Gasteiger partial charge on any atom is -0.388 e. The zero-order valence-corrected chi connectivity index (χ0v) is 41.9. The molecule has 17 N–H and O–H groups in total. The van der Waals surface area contributed by atoms with E-state index in [0.717, 1.165) is 28.1 Å². The Morgan fingerprint density at radius 3 is 1.54 bits per heavy atom. The Bertz CT molecular complexity index is 3550. The largest absolute Gasteiger partial charge is 0.490 e. The number of hydrogen-bond acceptors (Lipinski definition) is 30. The molecule has 6 aromatic heterocycles. The fourth-order valence-electron chi connectivity index (χ4n) is 8.01. The van der Waals surface area contributed by atoms with Crippen LogP contribution in [0.5, 0.6) is 0 Å². The number of fused-ring (bicyclic) bond motifs is 3. The Morgan fingerprint density at radius 1 is 0.579 bits per heavy atom. The summed E-state index contributed by atoms with van der Waals surface area (Å²) < 4.78 is 117. The summed E-state index contributed by atoms with van der Waals surface area (Å²) in [6, 6.07) is 0. The molecule has 76 heavy (non-hydrogen) atoms. The number of phosphoric ester groups is 3. The third kappa shape index (κ3) is 11.9. The quantitative estimate of drug-likeness (QED) is 0.0328. The molecule has 3 aliphatic heterocycles. The molecule has 0 radical (unpaired) electrons. The van der Waals surface area contributed by atoms with Crippen molar-refractivity contribution in [2.45, 2.75) is 73.9 Å². The lowest BCUT2D eigenvalue weighted by Crippen LogP contribution is -2.37. The third-order valence-electron chi connectivity index (χ3n) is 11.0. The topological polar surface area (TPSA) is 609 Å². The Morgan fingerprint density at radius 2 is 1.04 bits per heavy atom. The average Bonchev–Trinajstić information content (AvgIpc) is 4.16. The second kappa shape index (κ2) is 20.7. The number of nitrogen functional groups attached to an aromatic ring is 3. The molecule has 15 atom stereocenters. The van der Waals surface area contributed by atoms with Crippen LogP contribution in [0.25, 0.3) is 33.5 Å². The number of ether oxygens (including phenoxy) is 3. The van der Waals surface area contributed by atoms with Crippen LogP contribution < -0.4 is 28.3 Å². The van der Waals surface area contributed by atoms with Crippen LogP contribution >= 0.6 is 39.1 Å². The molecule has 0 amide bonds. The third-order valence-corrected chi connectivity index (χ3v) is 16.8. The number of hydrogen-bond donors (Lipinski definition) is 14. The number of nitrogens with one attached hydrogen (secondary N) is 2. The Hall–Kier alpha value is -4.96. The van der Waals surface area contributed by atoms with Crippen LogP contribution in [0.3, 0.4) is 0 Å². The normalized spacial score (nSPS) is 29.5. The van der Waals surface area contributed by atoms with Gasteiger partial charge in [-0.15, -0.1) is 0 Å². The number of H-pyrrole nitrogens is 2. The number of aliphatic hydroxyl groups is 3. The lowest BCUT2D eigenvalue weighted by Gasteiger charge is -2.26. The van der Waals surface area contributed by atoms with Gasteiger partial charge in [-0.2, -0.15) is 18.6 Å². The molecular weight excluding hydrogens is 1140 g/mol.